The number of rotatable bonds is 4. The van der Waals surface area contributed by atoms with Crippen molar-refractivity contribution in [1.29, 1.82) is 0 Å². The lowest BCUT2D eigenvalue weighted by atomic mass is 10.2. The van der Waals surface area contributed by atoms with Crippen molar-refractivity contribution in [1.82, 2.24) is 5.32 Å². The molecule has 1 N–H and O–H groups in total. The second-order valence-corrected chi connectivity index (χ2v) is 5.89. The van der Waals surface area contributed by atoms with E-state index < -0.39 is 11.7 Å². The summed E-state index contributed by atoms with van der Waals surface area (Å²) in [5.41, 5.74) is 1.09. The molecule has 104 valence electrons. The maximum atomic E-state index is 11.9. The van der Waals surface area contributed by atoms with Crippen LogP contribution in [0.2, 0.25) is 0 Å². The molecule has 0 aliphatic heterocycles. The molecule has 1 aromatic carbocycles. The van der Waals surface area contributed by atoms with Gasteiger partial charge in [-0.15, -0.1) is 0 Å². The molecule has 1 aromatic rings. The van der Waals surface area contributed by atoms with Gasteiger partial charge in [0.15, 0.2) is 0 Å². The molecule has 2 amide bonds. The highest BCUT2D eigenvalue weighted by atomic mass is 127. The predicted molar refractivity (Wildman–Crippen MR) is 82.1 cm³/mol. The number of nitrogens with one attached hydrogen (secondary N) is 1. The van der Waals surface area contributed by atoms with Gasteiger partial charge in [0, 0.05) is 6.54 Å². The molecule has 0 saturated heterocycles. The number of carbonyl (C=O) groups is 2. The lowest BCUT2D eigenvalue weighted by Gasteiger charge is -2.23. The fraction of sp³-hybridized carbons (Fsp3) is 0.385. The third kappa shape index (κ3) is 5.46. The summed E-state index contributed by atoms with van der Waals surface area (Å²) >= 11 is 1.90. The molecule has 0 aliphatic carbocycles. The molecular weight excluding hydrogens is 359 g/mol. The number of anilines is 1. The molecule has 0 spiro atoms. The van der Waals surface area contributed by atoms with Crippen LogP contribution < -0.4 is 8.43 Å². The summed E-state index contributed by atoms with van der Waals surface area (Å²) in [5, 5.41) is 2.58. The maximum Gasteiger partial charge on any atom is 0.423 e. The molecule has 6 heteroatoms. The smallest absolute Gasteiger partial charge is 0.423 e. The topological polar surface area (TPSA) is 58.6 Å². The number of nitrogens with zero attached hydrogens (tertiary/aromatic N) is 1. The molecule has 0 aliphatic rings. The van der Waals surface area contributed by atoms with Crippen molar-refractivity contribution in [2.75, 3.05) is 3.11 Å². The Morgan fingerprint density at radius 3 is 2.74 bits per heavy atom. The van der Waals surface area contributed by atoms with Crippen LogP contribution in [0.3, 0.4) is 0 Å². The number of hydrogen-bond donors (Lipinski definition) is 1. The van der Waals surface area contributed by atoms with E-state index in [1.54, 1.807) is 6.07 Å². The number of carbonyl (C=O) groups excluding carboxylic acids is 2. The van der Waals surface area contributed by atoms with Gasteiger partial charge in [0.05, 0.1) is 28.6 Å². The first-order valence-electron chi connectivity index (χ1n) is 5.78. The van der Waals surface area contributed by atoms with Crippen LogP contribution >= 0.6 is 22.9 Å². The minimum atomic E-state index is -0.531. The van der Waals surface area contributed by atoms with Gasteiger partial charge in [0.25, 0.3) is 0 Å². The Labute approximate surface area is 126 Å². The Morgan fingerprint density at radius 1 is 1.47 bits per heavy atom. The number of halogens is 1. The minimum Gasteiger partial charge on any atom is -0.443 e. The van der Waals surface area contributed by atoms with E-state index in [2.05, 4.69) is 5.32 Å². The summed E-state index contributed by atoms with van der Waals surface area (Å²) < 4.78 is 6.69. The van der Waals surface area contributed by atoms with Crippen molar-refractivity contribution < 1.29 is 14.3 Å². The molecule has 0 fully saturated rings. The Morgan fingerprint density at radius 2 is 2.16 bits per heavy atom. The van der Waals surface area contributed by atoms with Gasteiger partial charge in [-0.1, -0.05) is 12.1 Å². The third-order valence-corrected chi connectivity index (χ3v) is 3.03. The molecule has 19 heavy (non-hydrogen) atoms. The molecule has 0 radical (unpaired) electrons. The quantitative estimate of drug-likeness (QED) is 0.499. The number of hydrogen-bond acceptors (Lipinski definition) is 3. The minimum absolute atomic E-state index is 0.423. The molecule has 5 nitrogen and oxygen atoms in total. The van der Waals surface area contributed by atoms with Gasteiger partial charge in [-0.05, 0) is 38.5 Å². The van der Waals surface area contributed by atoms with Crippen molar-refractivity contribution in [3.63, 3.8) is 0 Å². The van der Waals surface area contributed by atoms with Crippen LogP contribution in [0.4, 0.5) is 10.5 Å². The number of ether oxygens (including phenoxy) is 1. The number of amides is 2. The van der Waals surface area contributed by atoms with Crippen LogP contribution in [0.25, 0.3) is 0 Å². The summed E-state index contributed by atoms with van der Waals surface area (Å²) in [6, 6.07) is 7.33. The average molecular weight is 376 g/mol. The van der Waals surface area contributed by atoms with Crippen molar-refractivity contribution in [3.05, 3.63) is 29.8 Å². The van der Waals surface area contributed by atoms with Crippen LogP contribution in [0.15, 0.2) is 24.3 Å². The zero-order valence-corrected chi connectivity index (χ0v) is 13.3. The Bertz CT molecular complexity index is 457. The molecule has 0 heterocycles. The first kappa shape index (κ1) is 15.7. The molecule has 0 atom stereocenters. The second-order valence-electron chi connectivity index (χ2n) is 4.93. The summed E-state index contributed by atoms with van der Waals surface area (Å²) in [4.78, 5) is 22.2. The van der Waals surface area contributed by atoms with E-state index in [0.29, 0.717) is 18.6 Å². The van der Waals surface area contributed by atoms with Gasteiger partial charge in [-0.2, -0.15) is 0 Å². The lowest BCUT2D eigenvalue weighted by Crippen LogP contribution is -2.30. The summed E-state index contributed by atoms with van der Waals surface area (Å²) in [6.45, 7) is 5.88. The summed E-state index contributed by atoms with van der Waals surface area (Å²) in [7, 11) is 0. The summed E-state index contributed by atoms with van der Waals surface area (Å²) in [5.74, 6) is 0. The van der Waals surface area contributed by atoms with E-state index in [-0.39, 0.29) is 0 Å². The van der Waals surface area contributed by atoms with E-state index in [1.165, 1.54) is 3.11 Å². The third-order valence-electron chi connectivity index (χ3n) is 2.08. The van der Waals surface area contributed by atoms with Crippen LogP contribution in [0, 0.1) is 0 Å². The largest absolute Gasteiger partial charge is 0.443 e. The zero-order chi connectivity index (χ0) is 14.5. The van der Waals surface area contributed by atoms with Gasteiger partial charge < -0.3 is 10.1 Å². The maximum absolute atomic E-state index is 11.9. The van der Waals surface area contributed by atoms with Gasteiger partial charge in [0.2, 0.25) is 6.41 Å². The van der Waals surface area contributed by atoms with Crippen LogP contribution in [0.1, 0.15) is 26.3 Å². The normalized spacial score (nSPS) is 10.7. The zero-order valence-electron chi connectivity index (χ0n) is 11.1. The molecule has 0 unspecified atom stereocenters. The number of benzene rings is 1. The van der Waals surface area contributed by atoms with Crippen molar-refractivity contribution in [2.45, 2.75) is 32.9 Å². The second kappa shape index (κ2) is 6.74. The Kier molecular flexibility index (Phi) is 5.59. The molecule has 0 bridgehead atoms. The molecular formula is C13H17IN2O3. The van der Waals surface area contributed by atoms with Crippen molar-refractivity contribution in [2.24, 2.45) is 0 Å². The van der Waals surface area contributed by atoms with E-state index >= 15 is 0 Å². The monoisotopic (exact) mass is 376 g/mol. The van der Waals surface area contributed by atoms with Gasteiger partial charge in [-0.3, -0.25) is 4.79 Å². The van der Waals surface area contributed by atoms with Gasteiger partial charge in [-0.25, -0.2) is 7.91 Å². The highest BCUT2D eigenvalue weighted by Crippen LogP contribution is 2.23. The van der Waals surface area contributed by atoms with E-state index in [4.69, 9.17) is 4.74 Å². The first-order chi connectivity index (χ1) is 8.83. The fourth-order valence-corrected chi connectivity index (χ4v) is 1.75. The fourth-order valence-electron chi connectivity index (χ4n) is 1.36. The first-order valence-corrected chi connectivity index (χ1v) is 6.75. The van der Waals surface area contributed by atoms with E-state index in [1.807, 2.05) is 61.8 Å². The molecule has 1 rings (SSSR count). The molecule has 0 saturated carbocycles. The van der Waals surface area contributed by atoms with Crippen LogP contribution in [-0.2, 0) is 16.1 Å². The lowest BCUT2D eigenvalue weighted by molar-refractivity contribution is -0.109. The Balaban J connectivity index is 2.78. The van der Waals surface area contributed by atoms with E-state index in [9.17, 15) is 9.59 Å². The van der Waals surface area contributed by atoms with Crippen LogP contribution in [0.5, 0.6) is 0 Å². The Hall–Kier alpha value is -1.31. The highest BCUT2D eigenvalue weighted by Gasteiger charge is 2.21. The average Bonchev–Trinajstić information content (AvgIpc) is 2.33. The summed E-state index contributed by atoms with van der Waals surface area (Å²) in [6.07, 6.45) is 0.219. The predicted octanol–water partition coefficient (Wildman–Crippen LogP) is 3.02. The molecule has 0 aromatic heterocycles. The SMILES string of the molecule is CC(C)(C)OC(=O)N(I)c1cccc(CNC=O)c1. The van der Waals surface area contributed by atoms with E-state index in [0.717, 1.165) is 5.56 Å². The van der Waals surface area contributed by atoms with Crippen molar-refractivity contribution >= 4 is 41.1 Å². The standard InChI is InChI=1S/C13H17IN2O3/c1-13(2,3)19-12(18)16(14)11-6-4-5-10(7-11)8-15-9-17/h4-7,9H,8H2,1-3H3,(H,15,17). The highest BCUT2D eigenvalue weighted by molar-refractivity contribution is 14.1. The van der Waals surface area contributed by atoms with Gasteiger partial charge >= 0.3 is 6.09 Å². The van der Waals surface area contributed by atoms with Crippen molar-refractivity contribution in [3.8, 4) is 0 Å². The van der Waals surface area contributed by atoms with Gasteiger partial charge in [0.1, 0.15) is 5.60 Å². The van der Waals surface area contributed by atoms with Crippen LogP contribution in [-0.4, -0.2) is 18.1 Å².